The molecule has 0 aliphatic heterocycles. The Hall–Kier alpha value is -2.12. The first-order valence-electron chi connectivity index (χ1n) is 6.19. The van der Waals surface area contributed by atoms with Crippen LogP contribution in [0.15, 0.2) is 11.5 Å². The summed E-state index contributed by atoms with van der Waals surface area (Å²) in [7, 11) is 1.80. The molecule has 1 aliphatic carbocycles. The monoisotopic (exact) mass is 266 g/mol. The van der Waals surface area contributed by atoms with Gasteiger partial charge in [0.1, 0.15) is 11.7 Å². The minimum atomic E-state index is -0.882. The number of amidine groups is 1. The maximum atomic E-state index is 12.3. The Morgan fingerprint density at radius 3 is 2.84 bits per heavy atom. The molecule has 0 unspecified atom stereocenters. The number of nitrogens with one attached hydrogen (secondary N) is 1. The van der Waals surface area contributed by atoms with Crippen molar-refractivity contribution in [2.24, 2.45) is 23.4 Å². The van der Waals surface area contributed by atoms with Gasteiger partial charge in [-0.25, -0.2) is 0 Å². The average Bonchev–Trinajstić information content (AvgIpc) is 3.05. The van der Waals surface area contributed by atoms with E-state index < -0.39 is 5.41 Å². The first kappa shape index (κ1) is 13.3. The smallest absolute Gasteiger partial charge is 0.234 e. The molecular weight excluding hydrogens is 248 g/mol. The lowest BCUT2D eigenvalue weighted by Gasteiger charge is -2.25. The predicted molar refractivity (Wildman–Crippen MR) is 67.2 cm³/mol. The molecule has 1 aromatic heterocycles. The maximum Gasteiger partial charge on any atom is 0.234 e. The molecule has 8 nitrogen and oxygen atoms in total. The van der Waals surface area contributed by atoms with E-state index in [4.69, 9.17) is 10.9 Å². The molecule has 0 bridgehead atoms. The summed E-state index contributed by atoms with van der Waals surface area (Å²) in [5, 5.41) is 22.3. The van der Waals surface area contributed by atoms with Crippen molar-refractivity contribution in [3.8, 4) is 0 Å². The Morgan fingerprint density at radius 2 is 2.32 bits per heavy atom. The van der Waals surface area contributed by atoms with E-state index in [1.54, 1.807) is 17.9 Å². The average molecular weight is 266 g/mol. The van der Waals surface area contributed by atoms with Crippen molar-refractivity contribution in [1.82, 2.24) is 20.1 Å². The third kappa shape index (κ3) is 2.38. The van der Waals surface area contributed by atoms with Crippen molar-refractivity contribution in [3.05, 3.63) is 12.2 Å². The summed E-state index contributed by atoms with van der Waals surface area (Å²) in [6, 6.07) is 0. The van der Waals surface area contributed by atoms with Crippen molar-refractivity contribution in [2.75, 3.05) is 0 Å². The van der Waals surface area contributed by atoms with Crippen LogP contribution in [-0.4, -0.2) is 31.7 Å². The summed E-state index contributed by atoms with van der Waals surface area (Å²) >= 11 is 0. The predicted octanol–water partition coefficient (Wildman–Crippen LogP) is -0.262. The molecule has 1 aromatic rings. The number of amides is 1. The topological polar surface area (TPSA) is 118 Å². The van der Waals surface area contributed by atoms with E-state index in [1.807, 2.05) is 0 Å². The van der Waals surface area contributed by atoms with Gasteiger partial charge in [0.2, 0.25) is 5.91 Å². The second-order valence-electron chi connectivity index (χ2n) is 4.82. The van der Waals surface area contributed by atoms with Gasteiger partial charge in [-0.15, -0.1) is 10.2 Å². The molecule has 1 amide bonds. The van der Waals surface area contributed by atoms with E-state index in [0.29, 0.717) is 18.7 Å². The molecule has 1 fully saturated rings. The highest BCUT2D eigenvalue weighted by Gasteiger charge is 2.45. The highest BCUT2D eigenvalue weighted by molar-refractivity contribution is 6.06. The van der Waals surface area contributed by atoms with Gasteiger partial charge in [0.05, 0.1) is 6.54 Å². The zero-order valence-electron chi connectivity index (χ0n) is 10.8. The molecular formula is C11H18N6O2. The first-order valence-corrected chi connectivity index (χ1v) is 6.19. The van der Waals surface area contributed by atoms with E-state index in [9.17, 15) is 4.79 Å². The van der Waals surface area contributed by atoms with Gasteiger partial charge in [0.15, 0.2) is 11.7 Å². The molecule has 4 N–H and O–H groups in total. The van der Waals surface area contributed by atoms with E-state index >= 15 is 0 Å². The van der Waals surface area contributed by atoms with E-state index in [2.05, 4.69) is 20.7 Å². The number of nitrogens with two attached hydrogens (primary N) is 1. The molecule has 2 rings (SSSR count). The number of carbonyl (C=O) groups is 1. The number of nitrogens with zero attached hydrogens (tertiary/aromatic N) is 4. The van der Waals surface area contributed by atoms with Crippen molar-refractivity contribution in [1.29, 1.82) is 0 Å². The third-order valence-corrected chi connectivity index (χ3v) is 3.70. The molecule has 104 valence electrons. The summed E-state index contributed by atoms with van der Waals surface area (Å²) in [6.45, 7) is 0.274. The van der Waals surface area contributed by atoms with Crippen LogP contribution in [0.3, 0.4) is 0 Å². The number of hydrogen-bond donors (Lipinski definition) is 3. The summed E-state index contributed by atoms with van der Waals surface area (Å²) in [5.74, 6) is 0.421. The van der Waals surface area contributed by atoms with Crippen molar-refractivity contribution >= 4 is 11.7 Å². The second kappa shape index (κ2) is 5.25. The fraction of sp³-hybridized carbons (Fsp3) is 0.636. The highest BCUT2D eigenvalue weighted by atomic mass is 16.4. The fourth-order valence-corrected chi connectivity index (χ4v) is 2.47. The SMILES string of the molecule is Cn1cnnc1CNC(=O)C1(C(N)=NO)CCCC1. The van der Waals surface area contributed by atoms with Crippen LogP contribution in [0.5, 0.6) is 0 Å². The Morgan fingerprint density at radius 1 is 1.63 bits per heavy atom. The Labute approximate surface area is 110 Å². The molecule has 0 saturated heterocycles. The molecule has 0 atom stereocenters. The molecule has 0 radical (unpaired) electrons. The van der Waals surface area contributed by atoms with E-state index in [-0.39, 0.29) is 18.3 Å². The number of carbonyl (C=O) groups excluding carboxylic acids is 1. The standard InChI is InChI=1S/C11H18N6O2/c1-17-7-14-15-8(17)6-13-10(18)11(9(12)16-19)4-2-3-5-11/h7,19H,2-6H2,1H3,(H2,12,16)(H,13,18). The maximum absolute atomic E-state index is 12.3. The summed E-state index contributed by atoms with van der Waals surface area (Å²) < 4.78 is 1.73. The minimum absolute atomic E-state index is 0.0135. The van der Waals surface area contributed by atoms with Gasteiger partial charge in [-0.05, 0) is 12.8 Å². The number of aromatic nitrogens is 3. The number of hydrogen-bond acceptors (Lipinski definition) is 5. The number of aryl methyl sites for hydroxylation is 1. The lowest BCUT2D eigenvalue weighted by atomic mass is 9.84. The summed E-state index contributed by atoms with van der Waals surface area (Å²) in [5.41, 5.74) is 4.82. The van der Waals surface area contributed by atoms with Crippen molar-refractivity contribution in [3.63, 3.8) is 0 Å². The molecule has 19 heavy (non-hydrogen) atoms. The van der Waals surface area contributed by atoms with Gasteiger partial charge in [-0.3, -0.25) is 4.79 Å². The summed E-state index contributed by atoms with van der Waals surface area (Å²) in [4.78, 5) is 12.3. The second-order valence-corrected chi connectivity index (χ2v) is 4.82. The van der Waals surface area contributed by atoms with Gasteiger partial charge in [-0.1, -0.05) is 18.0 Å². The number of rotatable bonds is 4. The van der Waals surface area contributed by atoms with Crippen LogP contribution < -0.4 is 11.1 Å². The molecule has 1 aliphatic rings. The minimum Gasteiger partial charge on any atom is -0.409 e. The van der Waals surface area contributed by atoms with Crippen molar-refractivity contribution < 1.29 is 10.0 Å². The van der Waals surface area contributed by atoms with Crippen molar-refractivity contribution in [2.45, 2.75) is 32.2 Å². The van der Waals surface area contributed by atoms with Gasteiger partial charge >= 0.3 is 0 Å². The lowest BCUT2D eigenvalue weighted by Crippen LogP contribution is -2.48. The zero-order valence-corrected chi connectivity index (χ0v) is 10.8. The van der Waals surface area contributed by atoms with E-state index in [0.717, 1.165) is 12.8 Å². The van der Waals surface area contributed by atoms with Crippen LogP contribution in [0.2, 0.25) is 0 Å². The fourth-order valence-electron chi connectivity index (χ4n) is 2.47. The molecule has 8 heteroatoms. The van der Waals surface area contributed by atoms with Crippen LogP contribution >= 0.6 is 0 Å². The number of oxime groups is 1. The Kier molecular flexibility index (Phi) is 3.68. The highest BCUT2D eigenvalue weighted by Crippen LogP contribution is 2.38. The molecule has 1 heterocycles. The molecule has 1 saturated carbocycles. The first-order chi connectivity index (χ1) is 9.10. The lowest BCUT2D eigenvalue weighted by molar-refractivity contribution is -0.127. The molecule has 0 aromatic carbocycles. The van der Waals surface area contributed by atoms with Gasteiger partial charge < -0.3 is 20.8 Å². The Bertz CT molecular complexity index is 489. The van der Waals surface area contributed by atoms with Gasteiger partial charge in [0.25, 0.3) is 0 Å². The summed E-state index contributed by atoms with van der Waals surface area (Å²) in [6.07, 6.45) is 4.57. The quantitative estimate of drug-likeness (QED) is 0.300. The Balaban J connectivity index is 2.07. The van der Waals surface area contributed by atoms with Gasteiger partial charge in [-0.2, -0.15) is 0 Å². The van der Waals surface area contributed by atoms with Crippen LogP contribution in [-0.2, 0) is 18.4 Å². The van der Waals surface area contributed by atoms with Crippen LogP contribution in [0, 0.1) is 5.41 Å². The largest absolute Gasteiger partial charge is 0.409 e. The third-order valence-electron chi connectivity index (χ3n) is 3.70. The van der Waals surface area contributed by atoms with Gasteiger partial charge in [0, 0.05) is 7.05 Å². The van der Waals surface area contributed by atoms with E-state index in [1.165, 1.54) is 0 Å². The van der Waals surface area contributed by atoms with Crippen LogP contribution in [0.4, 0.5) is 0 Å². The molecule has 0 spiro atoms. The zero-order chi connectivity index (χ0) is 13.9. The van der Waals surface area contributed by atoms with Crippen LogP contribution in [0.1, 0.15) is 31.5 Å². The van der Waals surface area contributed by atoms with Crippen LogP contribution in [0.25, 0.3) is 0 Å². The normalized spacial score (nSPS) is 18.5.